The van der Waals surface area contributed by atoms with E-state index in [1.54, 1.807) is 37.9 Å². The van der Waals surface area contributed by atoms with Gasteiger partial charge in [0.15, 0.2) is 17.5 Å². The molecule has 3 aliphatic rings. The van der Waals surface area contributed by atoms with Crippen molar-refractivity contribution in [1.82, 2.24) is 38.8 Å². The smallest absolute Gasteiger partial charge is 0.297 e. The van der Waals surface area contributed by atoms with E-state index in [4.69, 9.17) is 4.74 Å². The fourth-order valence-corrected chi connectivity index (χ4v) is 7.20. The number of aromatic nitrogens is 7. The molecule has 5 aromatic rings. The number of aliphatic hydroxyl groups is 1. The van der Waals surface area contributed by atoms with Gasteiger partial charge in [-0.2, -0.15) is 9.78 Å². The Morgan fingerprint density at radius 3 is 2.54 bits per heavy atom. The fourth-order valence-electron chi connectivity index (χ4n) is 7.20. The van der Waals surface area contributed by atoms with Gasteiger partial charge in [-0.05, 0) is 59.7 Å². The molecule has 5 aromatic heterocycles. The van der Waals surface area contributed by atoms with Crippen LogP contribution in [0.3, 0.4) is 0 Å². The summed E-state index contributed by atoms with van der Waals surface area (Å²) in [7, 11) is 1.66. The van der Waals surface area contributed by atoms with Crippen molar-refractivity contribution in [3.05, 3.63) is 86.6 Å². The third kappa shape index (κ3) is 5.25. The van der Waals surface area contributed by atoms with Crippen LogP contribution in [0.4, 0.5) is 17.3 Å². The summed E-state index contributed by atoms with van der Waals surface area (Å²) in [6, 6.07) is 9.65. The zero-order valence-corrected chi connectivity index (χ0v) is 27.3. The zero-order chi connectivity index (χ0) is 33.2. The van der Waals surface area contributed by atoms with Crippen LogP contribution < -0.4 is 21.3 Å². The maximum Gasteiger partial charge on any atom is 0.297 e. The van der Waals surface area contributed by atoms with Crippen molar-refractivity contribution in [3.63, 3.8) is 0 Å². The summed E-state index contributed by atoms with van der Waals surface area (Å²) >= 11 is 0. The zero-order valence-electron chi connectivity index (χ0n) is 27.3. The van der Waals surface area contributed by atoms with Crippen LogP contribution in [0.25, 0.3) is 22.5 Å². The van der Waals surface area contributed by atoms with Crippen LogP contribution in [0, 0.1) is 5.41 Å². The molecular formula is C34H38N10O4. The highest BCUT2D eigenvalue weighted by molar-refractivity contribution is 5.73. The lowest BCUT2D eigenvalue weighted by Crippen LogP contribution is -2.56. The first-order valence-corrected chi connectivity index (χ1v) is 16.3. The molecule has 14 nitrogen and oxygen atoms in total. The summed E-state index contributed by atoms with van der Waals surface area (Å²) < 4.78 is 9.92. The summed E-state index contributed by atoms with van der Waals surface area (Å²) in [6.07, 6.45) is 6.67. The van der Waals surface area contributed by atoms with Crippen LogP contribution >= 0.6 is 0 Å². The van der Waals surface area contributed by atoms with E-state index in [1.165, 1.54) is 9.25 Å². The number of hydrogen-bond acceptors (Lipinski definition) is 11. The molecule has 0 amide bonds. The SMILES string of the molecule is Cn1cc(-c2ccnc(-n3ncn4c5c(cc4c3=O)CC(C)(C)C5)c2CO)cc(Nc2ccc(N3CCN(C4COC4)CC3)nn2)c1=O. The second-order valence-corrected chi connectivity index (χ2v) is 13.7. The molecule has 0 atom stereocenters. The molecule has 2 fully saturated rings. The molecule has 2 aliphatic heterocycles. The van der Waals surface area contributed by atoms with E-state index in [1.807, 2.05) is 22.6 Å². The van der Waals surface area contributed by atoms with Gasteiger partial charge in [0.2, 0.25) is 0 Å². The van der Waals surface area contributed by atoms with Crippen molar-refractivity contribution in [2.75, 3.05) is 49.6 Å². The minimum absolute atomic E-state index is 0.140. The molecular weight excluding hydrogens is 612 g/mol. The Morgan fingerprint density at radius 2 is 1.83 bits per heavy atom. The molecule has 48 heavy (non-hydrogen) atoms. The summed E-state index contributed by atoms with van der Waals surface area (Å²) in [5.74, 6) is 1.46. The van der Waals surface area contributed by atoms with Gasteiger partial charge >= 0.3 is 0 Å². The Bertz CT molecular complexity index is 2140. The van der Waals surface area contributed by atoms with Crippen molar-refractivity contribution in [2.45, 2.75) is 39.3 Å². The molecule has 0 unspecified atom stereocenters. The van der Waals surface area contributed by atoms with Gasteiger partial charge < -0.3 is 24.6 Å². The van der Waals surface area contributed by atoms with Crippen molar-refractivity contribution >= 4 is 22.8 Å². The number of ether oxygens (including phenoxy) is 1. The summed E-state index contributed by atoms with van der Waals surface area (Å²) in [6.45, 7) is 9.30. The second-order valence-electron chi connectivity index (χ2n) is 13.7. The summed E-state index contributed by atoms with van der Waals surface area (Å²) in [4.78, 5) is 36.1. The molecule has 0 saturated carbocycles. The number of fused-ring (bicyclic) bond motifs is 3. The Hall–Kier alpha value is -4.92. The van der Waals surface area contributed by atoms with Gasteiger partial charge in [0, 0.05) is 62.4 Å². The highest BCUT2D eigenvalue weighted by Crippen LogP contribution is 2.37. The van der Waals surface area contributed by atoms with Crippen molar-refractivity contribution in [3.8, 4) is 16.9 Å². The number of aliphatic hydroxyl groups excluding tert-OH is 1. The first kappa shape index (κ1) is 30.4. The highest BCUT2D eigenvalue weighted by atomic mass is 16.5. The molecule has 7 heterocycles. The van der Waals surface area contributed by atoms with Crippen molar-refractivity contribution in [1.29, 1.82) is 0 Å². The maximum atomic E-state index is 13.7. The van der Waals surface area contributed by atoms with Gasteiger partial charge in [-0.25, -0.2) is 4.98 Å². The van der Waals surface area contributed by atoms with E-state index >= 15 is 0 Å². The van der Waals surface area contributed by atoms with Crippen molar-refractivity contribution in [2.24, 2.45) is 12.5 Å². The molecule has 248 valence electrons. The van der Waals surface area contributed by atoms with Gasteiger partial charge in [0.1, 0.15) is 17.5 Å². The Kier molecular flexibility index (Phi) is 7.38. The van der Waals surface area contributed by atoms with Crippen molar-refractivity contribution < 1.29 is 9.84 Å². The molecule has 0 radical (unpaired) electrons. The number of nitrogens with one attached hydrogen (secondary N) is 1. The fraction of sp³-hybridized carbons (Fsp3) is 0.412. The average molecular weight is 651 g/mol. The van der Waals surface area contributed by atoms with E-state index in [0.717, 1.165) is 69.3 Å². The van der Waals surface area contributed by atoms with Gasteiger partial charge in [-0.3, -0.25) is 18.9 Å². The minimum Gasteiger partial charge on any atom is -0.392 e. The number of rotatable bonds is 7. The van der Waals surface area contributed by atoms with E-state index in [9.17, 15) is 14.7 Å². The monoisotopic (exact) mass is 650 g/mol. The lowest BCUT2D eigenvalue weighted by atomic mass is 9.90. The van der Waals surface area contributed by atoms with Gasteiger partial charge in [0.05, 0.1) is 25.9 Å². The number of anilines is 3. The molecule has 2 N–H and O–H groups in total. The Labute approximate surface area is 276 Å². The van der Waals surface area contributed by atoms with Gasteiger partial charge in [-0.1, -0.05) is 13.8 Å². The first-order valence-electron chi connectivity index (χ1n) is 16.3. The van der Waals surface area contributed by atoms with Crippen LogP contribution in [0.1, 0.15) is 30.7 Å². The minimum atomic E-state index is -0.398. The largest absolute Gasteiger partial charge is 0.392 e. The van der Waals surface area contributed by atoms with Gasteiger partial charge in [0.25, 0.3) is 11.1 Å². The van der Waals surface area contributed by atoms with Crippen LogP contribution in [0.15, 0.2) is 58.6 Å². The Balaban J connectivity index is 1.07. The second kappa shape index (κ2) is 11.6. The van der Waals surface area contributed by atoms with Gasteiger partial charge in [-0.15, -0.1) is 10.2 Å². The number of piperazine rings is 1. The van der Waals surface area contributed by atoms with Crippen LogP contribution in [0.2, 0.25) is 0 Å². The number of aryl methyl sites for hydroxylation is 1. The third-order valence-corrected chi connectivity index (χ3v) is 9.82. The van der Waals surface area contributed by atoms with E-state index < -0.39 is 6.61 Å². The van der Waals surface area contributed by atoms with E-state index in [2.05, 4.69) is 49.2 Å². The van der Waals surface area contributed by atoms with Crippen LogP contribution in [-0.2, 0) is 31.2 Å². The van der Waals surface area contributed by atoms with Crippen LogP contribution in [-0.4, -0.2) is 89.4 Å². The highest BCUT2D eigenvalue weighted by Gasteiger charge is 2.32. The predicted octanol–water partition coefficient (Wildman–Crippen LogP) is 1.92. The summed E-state index contributed by atoms with van der Waals surface area (Å²) in [5.41, 5.74) is 4.31. The van der Waals surface area contributed by atoms with Crippen LogP contribution in [0.5, 0.6) is 0 Å². The normalized spacial score (nSPS) is 17.9. The molecule has 14 heteroatoms. The Morgan fingerprint density at radius 1 is 1.02 bits per heavy atom. The molecule has 2 saturated heterocycles. The van der Waals surface area contributed by atoms with E-state index in [-0.39, 0.29) is 28.0 Å². The topological polar surface area (TPSA) is 148 Å². The number of pyridine rings is 2. The quantitative estimate of drug-likeness (QED) is 0.266. The van der Waals surface area contributed by atoms with E-state index in [0.29, 0.717) is 34.1 Å². The standard InChI is InChI=1S/C34H38N10O4/c1-34(2)14-21-13-27-33(47)44(36-20-43(27)28(21)15-34)31-25(17-45)24(6-7-35-31)22-12-26(32(46)40(3)16-22)37-29-4-5-30(39-38-29)42-10-8-41(9-11-42)23-18-48-19-23/h4-7,12-13,16,20,23,45H,8-11,14-15,17-19H2,1-3H3,(H,37,38). The molecule has 8 rings (SSSR count). The number of nitrogens with zero attached hydrogens (tertiary/aromatic N) is 9. The lowest BCUT2D eigenvalue weighted by molar-refractivity contribution is -0.0661. The molecule has 0 spiro atoms. The molecule has 0 bridgehead atoms. The lowest BCUT2D eigenvalue weighted by Gasteiger charge is -2.42. The number of hydrogen-bond donors (Lipinski definition) is 2. The molecule has 0 aromatic carbocycles. The maximum absolute atomic E-state index is 13.7. The average Bonchev–Trinajstić information content (AvgIpc) is 3.55. The summed E-state index contributed by atoms with van der Waals surface area (Å²) in [5, 5.41) is 27.0. The third-order valence-electron chi connectivity index (χ3n) is 9.82. The predicted molar refractivity (Wildman–Crippen MR) is 180 cm³/mol. The molecule has 1 aliphatic carbocycles. The first-order chi connectivity index (χ1) is 23.2.